The Balaban J connectivity index is 2.31. The van der Waals surface area contributed by atoms with Crippen molar-refractivity contribution in [3.63, 3.8) is 0 Å². The van der Waals surface area contributed by atoms with Gasteiger partial charge >= 0.3 is 0 Å². The van der Waals surface area contributed by atoms with Gasteiger partial charge in [-0.1, -0.05) is 23.2 Å². The van der Waals surface area contributed by atoms with Crippen molar-refractivity contribution in [1.29, 1.82) is 0 Å². The number of nitrogens with two attached hydrogens (primary N) is 1. The predicted octanol–water partition coefficient (Wildman–Crippen LogP) is 3.17. The molecule has 2 aromatic rings. The van der Waals surface area contributed by atoms with Crippen molar-refractivity contribution in [2.24, 2.45) is 0 Å². The van der Waals surface area contributed by atoms with E-state index in [9.17, 15) is 4.79 Å². The van der Waals surface area contributed by atoms with Gasteiger partial charge in [-0.15, -0.1) is 0 Å². The summed E-state index contributed by atoms with van der Waals surface area (Å²) in [7, 11) is 0. The average molecular weight is 299 g/mol. The van der Waals surface area contributed by atoms with Crippen molar-refractivity contribution in [1.82, 2.24) is 10.2 Å². The molecule has 1 amide bonds. The maximum Gasteiger partial charge on any atom is 0.255 e. The van der Waals surface area contributed by atoms with Gasteiger partial charge in [-0.2, -0.15) is 5.10 Å². The topological polar surface area (TPSA) is 83.8 Å². The van der Waals surface area contributed by atoms with Gasteiger partial charge in [0.15, 0.2) is 0 Å². The molecule has 4 N–H and O–H groups in total. The van der Waals surface area contributed by atoms with Gasteiger partial charge in [0.25, 0.3) is 5.91 Å². The molecule has 5 nitrogen and oxygen atoms in total. The van der Waals surface area contributed by atoms with Gasteiger partial charge in [-0.3, -0.25) is 9.89 Å². The lowest BCUT2D eigenvalue weighted by molar-refractivity contribution is 0.102. The molecular weight excluding hydrogens is 287 g/mol. The normalized spacial score (nSPS) is 10.5. The van der Waals surface area contributed by atoms with Crippen molar-refractivity contribution in [3.8, 4) is 0 Å². The first-order chi connectivity index (χ1) is 8.90. The molecule has 0 saturated heterocycles. The standard InChI is InChI=1S/C12H12Cl2N4O/c1-5-11(6(2)18-17-5)16-12(19)7-3-8(13)10(14)9(15)4-7/h3-4H,15H2,1-2H3,(H,16,19)(H,17,18). The quantitative estimate of drug-likeness (QED) is 0.745. The van der Waals surface area contributed by atoms with Crippen LogP contribution in [-0.2, 0) is 0 Å². The van der Waals surface area contributed by atoms with Crippen molar-refractivity contribution >= 4 is 40.5 Å². The van der Waals surface area contributed by atoms with Crippen LogP contribution in [0.15, 0.2) is 12.1 Å². The Hall–Kier alpha value is -1.72. The Kier molecular flexibility index (Phi) is 3.68. The molecule has 1 aromatic carbocycles. The first kappa shape index (κ1) is 13.7. The fourth-order valence-electron chi connectivity index (χ4n) is 1.66. The average Bonchev–Trinajstić information content (AvgIpc) is 2.67. The number of halogens is 2. The monoisotopic (exact) mass is 298 g/mol. The first-order valence-corrected chi connectivity index (χ1v) is 6.23. The number of aryl methyl sites for hydroxylation is 2. The van der Waals surface area contributed by atoms with E-state index in [4.69, 9.17) is 28.9 Å². The molecule has 0 atom stereocenters. The number of anilines is 2. The minimum Gasteiger partial charge on any atom is -0.397 e. The third-order valence-electron chi connectivity index (χ3n) is 2.69. The lowest BCUT2D eigenvalue weighted by Crippen LogP contribution is -2.13. The highest BCUT2D eigenvalue weighted by Crippen LogP contribution is 2.30. The lowest BCUT2D eigenvalue weighted by atomic mass is 10.2. The number of H-pyrrole nitrogens is 1. The van der Waals surface area contributed by atoms with Crippen LogP contribution in [0.2, 0.25) is 10.0 Å². The molecule has 0 aliphatic rings. The smallest absolute Gasteiger partial charge is 0.255 e. The number of nitrogens with one attached hydrogen (secondary N) is 2. The Labute approximate surface area is 120 Å². The fourth-order valence-corrected chi connectivity index (χ4v) is 2.00. The minimum atomic E-state index is -0.321. The summed E-state index contributed by atoms with van der Waals surface area (Å²) >= 11 is 11.7. The van der Waals surface area contributed by atoms with Crippen LogP contribution in [0.3, 0.4) is 0 Å². The van der Waals surface area contributed by atoms with Crippen LogP contribution >= 0.6 is 23.2 Å². The van der Waals surface area contributed by atoms with E-state index in [1.54, 1.807) is 6.92 Å². The largest absolute Gasteiger partial charge is 0.397 e. The molecule has 2 rings (SSSR count). The molecule has 0 spiro atoms. The van der Waals surface area contributed by atoms with E-state index in [1.807, 2.05) is 6.92 Å². The van der Waals surface area contributed by atoms with E-state index in [0.29, 0.717) is 16.9 Å². The number of nitrogen functional groups attached to an aromatic ring is 1. The molecule has 0 aliphatic carbocycles. The molecule has 100 valence electrons. The number of hydrogen-bond donors (Lipinski definition) is 3. The van der Waals surface area contributed by atoms with E-state index in [0.717, 1.165) is 5.69 Å². The van der Waals surface area contributed by atoms with Crippen LogP contribution in [0, 0.1) is 13.8 Å². The molecule has 1 heterocycles. The van der Waals surface area contributed by atoms with Crippen molar-refractivity contribution in [2.45, 2.75) is 13.8 Å². The maximum atomic E-state index is 12.1. The molecule has 0 fully saturated rings. The highest BCUT2D eigenvalue weighted by Gasteiger charge is 2.14. The second kappa shape index (κ2) is 5.11. The highest BCUT2D eigenvalue weighted by molar-refractivity contribution is 6.44. The van der Waals surface area contributed by atoms with E-state index in [-0.39, 0.29) is 21.6 Å². The van der Waals surface area contributed by atoms with Crippen LogP contribution < -0.4 is 11.1 Å². The van der Waals surface area contributed by atoms with Gasteiger partial charge in [0.2, 0.25) is 0 Å². The number of amides is 1. The van der Waals surface area contributed by atoms with Crippen LogP contribution in [0.25, 0.3) is 0 Å². The highest BCUT2D eigenvalue weighted by atomic mass is 35.5. The lowest BCUT2D eigenvalue weighted by Gasteiger charge is -2.08. The zero-order valence-electron chi connectivity index (χ0n) is 10.3. The second-order valence-electron chi connectivity index (χ2n) is 4.12. The van der Waals surface area contributed by atoms with E-state index >= 15 is 0 Å². The third-order valence-corrected chi connectivity index (χ3v) is 3.50. The number of carbonyl (C=O) groups is 1. The minimum absolute atomic E-state index is 0.243. The molecule has 0 aliphatic heterocycles. The molecule has 0 unspecified atom stereocenters. The number of aromatic nitrogens is 2. The molecular formula is C12H12Cl2N4O. The van der Waals surface area contributed by atoms with Gasteiger partial charge in [0, 0.05) is 5.56 Å². The van der Waals surface area contributed by atoms with Crippen molar-refractivity contribution in [2.75, 3.05) is 11.1 Å². The zero-order chi connectivity index (χ0) is 14.2. The predicted molar refractivity (Wildman–Crippen MR) is 76.9 cm³/mol. The number of rotatable bonds is 2. The Morgan fingerprint density at radius 2 is 2.05 bits per heavy atom. The molecule has 0 bridgehead atoms. The SMILES string of the molecule is Cc1n[nH]c(C)c1NC(=O)c1cc(N)c(Cl)c(Cl)c1. The van der Waals surface area contributed by atoms with E-state index < -0.39 is 0 Å². The maximum absolute atomic E-state index is 12.1. The van der Waals surface area contributed by atoms with Gasteiger partial charge < -0.3 is 11.1 Å². The summed E-state index contributed by atoms with van der Waals surface area (Å²) < 4.78 is 0. The van der Waals surface area contributed by atoms with Gasteiger partial charge in [-0.05, 0) is 26.0 Å². The van der Waals surface area contributed by atoms with Crippen LogP contribution in [0.1, 0.15) is 21.7 Å². The van der Waals surface area contributed by atoms with Crippen LogP contribution in [0.5, 0.6) is 0 Å². The summed E-state index contributed by atoms with van der Waals surface area (Å²) in [6.45, 7) is 3.61. The number of benzene rings is 1. The molecule has 1 aromatic heterocycles. The van der Waals surface area contributed by atoms with E-state index in [2.05, 4.69) is 15.5 Å². The number of aromatic amines is 1. The number of carbonyl (C=O) groups excluding carboxylic acids is 1. The summed E-state index contributed by atoms with van der Waals surface area (Å²) in [4.78, 5) is 12.1. The number of nitrogens with zero attached hydrogens (tertiary/aromatic N) is 1. The van der Waals surface area contributed by atoms with Crippen LogP contribution in [-0.4, -0.2) is 16.1 Å². The first-order valence-electron chi connectivity index (χ1n) is 5.47. The molecule has 19 heavy (non-hydrogen) atoms. The molecule has 7 heteroatoms. The summed E-state index contributed by atoms with van der Waals surface area (Å²) in [5, 5.41) is 10.0. The summed E-state index contributed by atoms with van der Waals surface area (Å²) in [6, 6.07) is 2.95. The van der Waals surface area contributed by atoms with E-state index in [1.165, 1.54) is 12.1 Å². The van der Waals surface area contributed by atoms with Gasteiger partial charge in [0.05, 0.1) is 32.8 Å². The Bertz CT molecular complexity index is 609. The summed E-state index contributed by atoms with van der Waals surface area (Å²) in [6.07, 6.45) is 0. The number of hydrogen-bond acceptors (Lipinski definition) is 3. The Morgan fingerprint density at radius 3 is 2.58 bits per heavy atom. The third kappa shape index (κ3) is 2.67. The summed E-state index contributed by atoms with van der Waals surface area (Å²) in [5.74, 6) is -0.321. The van der Waals surface area contributed by atoms with Crippen LogP contribution in [0.4, 0.5) is 11.4 Å². The van der Waals surface area contributed by atoms with Gasteiger partial charge in [-0.25, -0.2) is 0 Å². The van der Waals surface area contributed by atoms with Crippen molar-refractivity contribution < 1.29 is 4.79 Å². The fraction of sp³-hybridized carbons (Fsp3) is 0.167. The van der Waals surface area contributed by atoms with Gasteiger partial charge in [0.1, 0.15) is 0 Å². The Morgan fingerprint density at radius 1 is 1.37 bits per heavy atom. The zero-order valence-corrected chi connectivity index (χ0v) is 11.9. The summed E-state index contributed by atoms with van der Waals surface area (Å²) in [5.41, 5.74) is 8.41. The second-order valence-corrected chi connectivity index (χ2v) is 4.91. The molecule has 0 saturated carbocycles. The van der Waals surface area contributed by atoms with Crippen molar-refractivity contribution in [3.05, 3.63) is 39.1 Å². The molecule has 0 radical (unpaired) electrons.